The minimum Gasteiger partial charge on any atom is -0.491 e. The normalized spacial score (nSPS) is 34.0. The number of aliphatic hydroxyl groups excluding tert-OH is 1. The van der Waals surface area contributed by atoms with Gasteiger partial charge in [-0.2, -0.15) is 4.39 Å². The zero-order chi connectivity index (χ0) is 24.8. The minimum atomic E-state index is -0.872. The van der Waals surface area contributed by atoms with E-state index in [1.807, 2.05) is 0 Å². The van der Waals surface area contributed by atoms with Crippen LogP contribution < -0.4 is 4.74 Å². The van der Waals surface area contributed by atoms with Crippen molar-refractivity contribution in [3.63, 3.8) is 0 Å². The fourth-order valence-electron chi connectivity index (χ4n) is 7.18. The van der Waals surface area contributed by atoms with E-state index >= 15 is 0 Å². The Bertz CT molecular complexity index is 784. The van der Waals surface area contributed by atoms with Crippen LogP contribution in [-0.2, 0) is 4.74 Å². The summed E-state index contributed by atoms with van der Waals surface area (Å²) in [5, 5.41) is 10.9. The first-order valence-corrected chi connectivity index (χ1v) is 14.5. The summed E-state index contributed by atoms with van der Waals surface area (Å²) < 4.78 is 40.5. The molecule has 1 saturated heterocycles. The molecule has 4 rings (SSSR count). The van der Waals surface area contributed by atoms with Crippen molar-refractivity contribution < 1.29 is 23.4 Å². The Balaban J connectivity index is 1.23. The number of aliphatic hydroxyl groups is 1. The lowest BCUT2D eigenvalue weighted by atomic mass is 9.70. The van der Waals surface area contributed by atoms with Crippen LogP contribution >= 0.6 is 0 Å². The number of unbranched alkanes of at least 4 members (excludes halogenated alkanes) is 2. The van der Waals surface area contributed by atoms with Crippen molar-refractivity contribution in [3.05, 3.63) is 29.3 Å². The van der Waals surface area contributed by atoms with E-state index in [-0.39, 0.29) is 23.7 Å². The molecule has 2 saturated carbocycles. The molecular formula is C30H46F2O3. The lowest BCUT2D eigenvalue weighted by Crippen LogP contribution is -2.43. The van der Waals surface area contributed by atoms with Crippen molar-refractivity contribution in [1.29, 1.82) is 0 Å². The molecule has 0 spiro atoms. The summed E-state index contributed by atoms with van der Waals surface area (Å²) in [4.78, 5) is 0. The second-order valence-corrected chi connectivity index (χ2v) is 11.4. The number of halogens is 2. The lowest BCUT2D eigenvalue weighted by molar-refractivity contribution is -0.221. The highest BCUT2D eigenvalue weighted by Gasteiger charge is 2.40. The van der Waals surface area contributed by atoms with Crippen molar-refractivity contribution in [2.75, 3.05) is 6.61 Å². The first-order chi connectivity index (χ1) is 17.0. The summed E-state index contributed by atoms with van der Waals surface area (Å²) in [6, 6.07) is 3.25. The molecule has 1 aromatic rings. The van der Waals surface area contributed by atoms with E-state index in [1.165, 1.54) is 51.4 Å². The Kier molecular flexibility index (Phi) is 9.86. The molecule has 1 aromatic carbocycles. The Morgan fingerprint density at radius 3 is 2.23 bits per heavy atom. The zero-order valence-corrected chi connectivity index (χ0v) is 21.8. The molecule has 3 unspecified atom stereocenters. The van der Waals surface area contributed by atoms with Crippen LogP contribution in [0.1, 0.15) is 115 Å². The van der Waals surface area contributed by atoms with Crippen LogP contribution in [-0.4, -0.2) is 24.1 Å². The van der Waals surface area contributed by atoms with Crippen LogP contribution in [0.5, 0.6) is 5.75 Å². The third-order valence-electron chi connectivity index (χ3n) is 9.29. The second-order valence-electron chi connectivity index (χ2n) is 11.4. The van der Waals surface area contributed by atoms with E-state index in [1.54, 1.807) is 19.1 Å². The van der Waals surface area contributed by atoms with Gasteiger partial charge in [0.1, 0.15) is 0 Å². The zero-order valence-electron chi connectivity index (χ0n) is 21.8. The van der Waals surface area contributed by atoms with E-state index < -0.39 is 17.9 Å². The number of hydrogen-bond donors (Lipinski definition) is 1. The molecule has 3 aliphatic rings. The summed E-state index contributed by atoms with van der Waals surface area (Å²) in [6.45, 7) is 4.34. The van der Waals surface area contributed by atoms with Gasteiger partial charge in [0.2, 0.25) is 5.82 Å². The van der Waals surface area contributed by atoms with Crippen molar-refractivity contribution in [2.45, 2.75) is 122 Å². The van der Waals surface area contributed by atoms with Crippen molar-refractivity contribution in [3.8, 4) is 5.75 Å². The van der Waals surface area contributed by atoms with Crippen LogP contribution in [0.15, 0.2) is 12.1 Å². The molecule has 3 atom stereocenters. The maximum atomic E-state index is 14.7. The minimum absolute atomic E-state index is 0.00977. The van der Waals surface area contributed by atoms with E-state index in [0.717, 1.165) is 44.4 Å². The van der Waals surface area contributed by atoms with Gasteiger partial charge in [-0.25, -0.2) is 4.39 Å². The van der Waals surface area contributed by atoms with E-state index in [0.29, 0.717) is 24.0 Å². The average Bonchev–Trinajstić information content (AvgIpc) is 2.88. The second kappa shape index (κ2) is 12.9. The molecule has 1 heterocycles. The lowest BCUT2D eigenvalue weighted by Gasteiger charge is -2.43. The molecule has 3 fully saturated rings. The van der Waals surface area contributed by atoms with Gasteiger partial charge in [0.25, 0.3) is 0 Å². The molecule has 0 amide bonds. The van der Waals surface area contributed by atoms with E-state index in [4.69, 9.17) is 9.47 Å². The Labute approximate surface area is 211 Å². The summed E-state index contributed by atoms with van der Waals surface area (Å²) in [5.41, 5.74) is 0.468. The number of ether oxygens (including phenoxy) is 2. The molecule has 1 aliphatic heterocycles. The van der Waals surface area contributed by atoms with Gasteiger partial charge in [-0.1, -0.05) is 51.5 Å². The van der Waals surface area contributed by atoms with Gasteiger partial charge in [-0.05, 0) is 93.6 Å². The molecular weight excluding hydrogens is 446 g/mol. The van der Waals surface area contributed by atoms with Crippen molar-refractivity contribution >= 4 is 0 Å². The number of hydrogen-bond acceptors (Lipinski definition) is 3. The van der Waals surface area contributed by atoms with Gasteiger partial charge in [-0.15, -0.1) is 0 Å². The third-order valence-corrected chi connectivity index (χ3v) is 9.29. The monoisotopic (exact) mass is 492 g/mol. The maximum absolute atomic E-state index is 14.7. The molecule has 5 heteroatoms. The predicted octanol–water partition coefficient (Wildman–Crippen LogP) is 8.14. The number of rotatable bonds is 9. The van der Waals surface area contributed by atoms with Gasteiger partial charge in [0.15, 0.2) is 17.9 Å². The highest BCUT2D eigenvalue weighted by atomic mass is 19.2. The predicted molar refractivity (Wildman–Crippen MR) is 135 cm³/mol. The highest BCUT2D eigenvalue weighted by Crippen LogP contribution is 2.46. The molecule has 1 N–H and O–H groups in total. The molecule has 198 valence electrons. The maximum Gasteiger partial charge on any atom is 0.200 e. The summed E-state index contributed by atoms with van der Waals surface area (Å²) in [6.07, 6.45) is 15.6. The van der Waals surface area contributed by atoms with Gasteiger partial charge < -0.3 is 14.6 Å². The first-order valence-electron chi connectivity index (χ1n) is 14.5. The van der Waals surface area contributed by atoms with E-state index in [2.05, 4.69) is 6.92 Å². The first kappa shape index (κ1) is 26.9. The van der Waals surface area contributed by atoms with Crippen LogP contribution in [0, 0.1) is 35.3 Å². The van der Waals surface area contributed by atoms with Crippen LogP contribution in [0.2, 0.25) is 0 Å². The van der Waals surface area contributed by atoms with Gasteiger partial charge in [0, 0.05) is 5.92 Å². The summed E-state index contributed by atoms with van der Waals surface area (Å²) in [5.74, 6) is 0.436. The van der Waals surface area contributed by atoms with Gasteiger partial charge >= 0.3 is 0 Å². The summed E-state index contributed by atoms with van der Waals surface area (Å²) in [7, 11) is 0. The molecule has 2 aliphatic carbocycles. The topological polar surface area (TPSA) is 38.7 Å². The van der Waals surface area contributed by atoms with Crippen LogP contribution in [0.3, 0.4) is 0 Å². The fraction of sp³-hybridized carbons (Fsp3) is 0.800. The van der Waals surface area contributed by atoms with Crippen LogP contribution in [0.4, 0.5) is 8.78 Å². The fourth-order valence-corrected chi connectivity index (χ4v) is 7.18. The Hall–Kier alpha value is -1.20. The quantitative estimate of drug-likeness (QED) is 0.354. The van der Waals surface area contributed by atoms with E-state index in [9.17, 15) is 13.9 Å². The standard InChI is InChI=1S/C30H46F2O3/c1-3-5-6-7-20-8-10-23(11-9-20)26-18-17-25(30(33)35-26)22-14-12-21(13-15-22)24-16-19-27(34-4-2)29(32)28(24)31/h16,19-23,25-26,30,33H,3-15,17-18H2,1-2H3/t20-,21-,22-,23-,25?,26?,30?. The van der Waals surface area contributed by atoms with Gasteiger partial charge in [-0.3, -0.25) is 0 Å². The highest BCUT2D eigenvalue weighted by molar-refractivity contribution is 5.33. The largest absolute Gasteiger partial charge is 0.491 e. The van der Waals surface area contributed by atoms with Crippen molar-refractivity contribution in [1.82, 2.24) is 0 Å². The molecule has 35 heavy (non-hydrogen) atoms. The molecule has 0 radical (unpaired) electrons. The van der Waals surface area contributed by atoms with Gasteiger partial charge in [0.05, 0.1) is 12.7 Å². The van der Waals surface area contributed by atoms with Crippen molar-refractivity contribution in [2.24, 2.45) is 23.7 Å². The Morgan fingerprint density at radius 1 is 0.857 bits per heavy atom. The third kappa shape index (κ3) is 6.57. The Morgan fingerprint density at radius 2 is 1.57 bits per heavy atom. The SMILES string of the molecule is CCCCC[C@H]1CC[C@H](C2CCC([C@H]3CC[C@H](c4ccc(OCC)c(F)c4F)CC3)C(O)O2)CC1. The van der Waals surface area contributed by atoms with Crippen LogP contribution in [0.25, 0.3) is 0 Å². The number of benzene rings is 1. The average molecular weight is 493 g/mol. The smallest absolute Gasteiger partial charge is 0.200 e. The summed E-state index contributed by atoms with van der Waals surface area (Å²) >= 11 is 0. The molecule has 0 aromatic heterocycles. The molecule has 0 bridgehead atoms. The molecule has 3 nitrogen and oxygen atoms in total.